The van der Waals surface area contributed by atoms with Crippen molar-refractivity contribution in [1.82, 2.24) is 4.90 Å². The van der Waals surface area contributed by atoms with Crippen molar-refractivity contribution in [2.75, 3.05) is 26.2 Å². The van der Waals surface area contributed by atoms with Gasteiger partial charge in [0.2, 0.25) is 0 Å². The van der Waals surface area contributed by atoms with Gasteiger partial charge in [0.1, 0.15) is 0 Å². The van der Waals surface area contributed by atoms with Crippen LogP contribution in [0.15, 0.2) is 0 Å². The van der Waals surface area contributed by atoms with E-state index in [1.165, 1.54) is 51.7 Å². The van der Waals surface area contributed by atoms with Gasteiger partial charge in [-0.3, -0.25) is 0 Å². The predicted molar refractivity (Wildman–Crippen MR) is 64.8 cm³/mol. The number of hydrogen-bond donors (Lipinski definition) is 1. The maximum absolute atomic E-state index is 5.68. The summed E-state index contributed by atoms with van der Waals surface area (Å²) in [5, 5.41) is 0. The molecule has 88 valence electrons. The Kier molecular flexibility index (Phi) is 3.09. The fourth-order valence-corrected chi connectivity index (χ4v) is 2.76. The molecule has 0 aromatic rings. The third-order valence-corrected chi connectivity index (χ3v) is 4.40. The SMILES string of the molecule is CC1(C)CCN(CC2(CCN)CC2)CC1. The molecule has 0 spiro atoms. The van der Waals surface area contributed by atoms with E-state index in [-0.39, 0.29) is 0 Å². The fraction of sp³-hybridized carbons (Fsp3) is 1.00. The van der Waals surface area contributed by atoms with Gasteiger partial charge in [0.05, 0.1) is 0 Å². The van der Waals surface area contributed by atoms with Crippen LogP contribution in [0, 0.1) is 10.8 Å². The zero-order valence-corrected chi connectivity index (χ0v) is 10.4. The van der Waals surface area contributed by atoms with Crippen molar-refractivity contribution in [3.63, 3.8) is 0 Å². The number of likely N-dealkylation sites (tertiary alicyclic amines) is 1. The minimum atomic E-state index is 0.584. The maximum atomic E-state index is 5.68. The zero-order valence-electron chi connectivity index (χ0n) is 10.4. The van der Waals surface area contributed by atoms with E-state index in [0.717, 1.165) is 6.54 Å². The van der Waals surface area contributed by atoms with E-state index >= 15 is 0 Å². The summed E-state index contributed by atoms with van der Waals surface area (Å²) in [5.74, 6) is 0. The van der Waals surface area contributed by atoms with Crippen LogP contribution in [-0.4, -0.2) is 31.1 Å². The highest BCUT2D eigenvalue weighted by molar-refractivity contribution is 4.96. The van der Waals surface area contributed by atoms with E-state index < -0.39 is 0 Å². The van der Waals surface area contributed by atoms with Gasteiger partial charge in [-0.2, -0.15) is 0 Å². The van der Waals surface area contributed by atoms with Crippen LogP contribution in [0.4, 0.5) is 0 Å². The number of piperidine rings is 1. The summed E-state index contributed by atoms with van der Waals surface area (Å²) >= 11 is 0. The average molecular weight is 210 g/mol. The van der Waals surface area contributed by atoms with E-state index in [4.69, 9.17) is 5.73 Å². The molecule has 15 heavy (non-hydrogen) atoms. The van der Waals surface area contributed by atoms with Crippen molar-refractivity contribution in [3.05, 3.63) is 0 Å². The lowest BCUT2D eigenvalue weighted by molar-refractivity contribution is 0.110. The number of nitrogens with zero attached hydrogens (tertiary/aromatic N) is 1. The molecular weight excluding hydrogens is 184 g/mol. The molecule has 1 saturated carbocycles. The zero-order chi connectivity index (χ0) is 10.9. The Morgan fingerprint density at radius 1 is 1.07 bits per heavy atom. The van der Waals surface area contributed by atoms with Crippen molar-refractivity contribution >= 4 is 0 Å². The van der Waals surface area contributed by atoms with Crippen molar-refractivity contribution in [1.29, 1.82) is 0 Å². The minimum Gasteiger partial charge on any atom is -0.330 e. The van der Waals surface area contributed by atoms with E-state index in [0.29, 0.717) is 10.8 Å². The van der Waals surface area contributed by atoms with Gasteiger partial charge in [0.15, 0.2) is 0 Å². The first-order valence-corrected chi connectivity index (χ1v) is 6.48. The van der Waals surface area contributed by atoms with Gasteiger partial charge in [-0.15, -0.1) is 0 Å². The largest absolute Gasteiger partial charge is 0.330 e. The van der Waals surface area contributed by atoms with Gasteiger partial charge in [-0.1, -0.05) is 13.8 Å². The molecule has 1 saturated heterocycles. The van der Waals surface area contributed by atoms with Crippen molar-refractivity contribution < 1.29 is 0 Å². The van der Waals surface area contributed by atoms with Crippen LogP contribution in [0.25, 0.3) is 0 Å². The highest BCUT2D eigenvalue weighted by Crippen LogP contribution is 2.49. The van der Waals surface area contributed by atoms with Gasteiger partial charge < -0.3 is 10.6 Å². The summed E-state index contributed by atoms with van der Waals surface area (Å²) in [6.45, 7) is 9.60. The molecule has 2 nitrogen and oxygen atoms in total. The third-order valence-electron chi connectivity index (χ3n) is 4.40. The molecule has 1 aliphatic carbocycles. The molecule has 0 amide bonds. The molecule has 1 heterocycles. The first-order valence-electron chi connectivity index (χ1n) is 6.48. The van der Waals surface area contributed by atoms with Gasteiger partial charge in [0, 0.05) is 6.54 Å². The molecule has 0 aromatic carbocycles. The van der Waals surface area contributed by atoms with E-state index in [1.807, 2.05) is 0 Å². The Balaban J connectivity index is 1.77. The van der Waals surface area contributed by atoms with Crippen molar-refractivity contribution in [2.24, 2.45) is 16.6 Å². The van der Waals surface area contributed by atoms with Gasteiger partial charge in [-0.25, -0.2) is 0 Å². The van der Waals surface area contributed by atoms with Crippen LogP contribution in [-0.2, 0) is 0 Å². The second-order valence-corrected chi connectivity index (χ2v) is 6.48. The lowest BCUT2D eigenvalue weighted by Gasteiger charge is -2.38. The predicted octanol–water partition coefficient (Wildman–Crippen LogP) is 2.24. The molecule has 1 aliphatic heterocycles. The second-order valence-electron chi connectivity index (χ2n) is 6.48. The Hall–Kier alpha value is -0.0800. The van der Waals surface area contributed by atoms with Crippen LogP contribution in [0.5, 0.6) is 0 Å². The summed E-state index contributed by atoms with van der Waals surface area (Å²) in [5.41, 5.74) is 6.90. The average Bonchev–Trinajstić information content (AvgIpc) is 2.90. The Bertz CT molecular complexity index is 209. The summed E-state index contributed by atoms with van der Waals surface area (Å²) in [6.07, 6.45) is 6.82. The third kappa shape index (κ3) is 2.94. The van der Waals surface area contributed by atoms with E-state index in [2.05, 4.69) is 18.7 Å². The van der Waals surface area contributed by atoms with Crippen LogP contribution < -0.4 is 5.73 Å². The van der Waals surface area contributed by atoms with E-state index in [1.54, 1.807) is 0 Å². The Labute approximate surface area is 94.2 Å². The highest BCUT2D eigenvalue weighted by atomic mass is 15.1. The minimum absolute atomic E-state index is 0.584. The highest BCUT2D eigenvalue weighted by Gasteiger charge is 2.43. The number of nitrogens with two attached hydrogens (primary N) is 1. The quantitative estimate of drug-likeness (QED) is 0.771. The van der Waals surface area contributed by atoms with Gasteiger partial charge in [-0.05, 0) is 62.6 Å². The van der Waals surface area contributed by atoms with Crippen molar-refractivity contribution in [3.8, 4) is 0 Å². The van der Waals surface area contributed by atoms with Gasteiger partial charge >= 0.3 is 0 Å². The summed E-state index contributed by atoms with van der Waals surface area (Å²) < 4.78 is 0. The molecule has 0 unspecified atom stereocenters. The summed E-state index contributed by atoms with van der Waals surface area (Å²) in [7, 11) is 0. The second kappa shape index (κ2) is 4.06. The van der Waals surface area contributed by atoms with E-state index in [9.17, 15) is 0 Å². The molecule has 2 N–H and O–H groups in total. The van der Waals surface area contributed by atoms with Gasteiger partial charge in [0.25, 0.3) is 0 Å². The normalized spacial score (nSPS) is 29.0. The summed E-state index contributed by atoms with van der Waals surface area (Å²) in [6, 6.07) is 0. The lowest BCUT2D eigenvalue weighted by Crippen LogP contribution is -2.40. The number of rotatable bonds is 4. The molecule has 0 radical (unpaired) electrons. The molecule has 0 bridgehead atoms. The monoisotopic (exact) mass is 210 g/mol. The molecule has 2 fully saturated rings. The van der Waals surface area contributed by atoms with Crippen molar-refractivity contribution in [2.45, 2.75) is 46.0 Å². The molecule has 2 heteroatoms. The van der Waals surface area contributed by atoms with Crippen LogP contribution in [0.2, 0.25) is 0 Å². The number of hydrogen-bond acceptors (Lipinski definition) is 2. The molecule has 2 aliphatic rings. The Morgan fingerprint density at radius 2 is 1.67 bits per heavy atom. The topological polar surface area (TPSA) is 29.3 Å². The fourth-order valence-electron chi connectivity index (χ4n) is 2.76. The van der Waals surface area contributed by atoms with Crippen LogP contribution in [0.3, 0.4) is 0 Å². The molecule has 0 aromatic heterocycles. The molecule has 0 atom stereocenters. The smallest absolute Gasteiger partial charge is 0.00385 e. The summed E-state index contributed by atoms with van der Waals surface area (Å²) in [4.78, 5) is 2.67. The van der Waals surface area contributed by atoms with Crippen LogP contribution >= 0.6 is 0 Å². The first-order chi connectivity index (χ1) is 7.05. The molecular formula is C13H26N2. The Morgan fingerprint density at radius 3 is 2.13 bits per heavy atom. The standard InChI is InChI=1S/C13H26N2/c1-12(2)6-9-15(10-7-12)11-13(3-4-13)5-8-14/h3-11,14H2,1-2H3. The maximum Gasteiger partial charge on any atom is 0.00385 e. The molecule has 2 rings (SSSR count). The lowest BCUT2D eigenvalue weighted by atomic mass is 9.82. The van der Waals surface area contributed by atoms with Crippen LogP contribution in [0.1, 0.15) is 46.0 Å². The first kappa shape index (κ1) is 11.4.